The Balaban J connectivity index is 1.86. The van der Waals surface area contributed by atoms with E-state index in [0.29, 0.717) is 11.6 Å². The van der Waals surface area contributed by atoms with Crippen LogP contribution in [0.15, 0.2) is 66.1 Å². The topological polar surface area (TPSA) is 93.5 Å². The predicted octanol–water partition coefficient (Wildman–Crippen LogP) is 4.83. The van der Waals surface area contributed by atoms with Crippen LogP contribution in [0.4, 0.5) is 5.82 Å². The molecule has 0 unspecified atom stereocenters. The van der Waals surface area contributed by atoms with Gasteiger partial charge in [-0.1, -0.05) is 51.1 Å². The van der Waals surface area contributed by atoms with Gasteiger partial charge in [-0.15, -0.1) is 0 Å². The molecule has 0 aliphatic carbocycles. The maximum Gasteiger partial charge on any atom is 0.240 e. The third-order valence-corrected chi connectivity index (χ3v) is 7.18. The average molecular weight is 511 g/mol. The van der Waals surface area contributed by atoms with Crippen molar-refractivity contribution in [1.82, 2.24) is 14.1 Å². The van der Waals surface area contributed by atoms with Crippen molar-refractivity contribution in [2.75, 3.05) is 19.0 Å². The molecule has 192 valence electrons. The number of nitrogens with zero attached hydrogens (tertiary/aromatic N) is 3. The van der Waals surface area contributed by atoms with E-state index in [4.69, 9.17) is 9.84 Å². The number of carbonyl (C=O) groups is 1. The summed E-state index contributed by atoms with van der Waals surface area (Å²) in [5.41, 5.74) is 2.02. The Labute approximate surface area is 213 Å². The normalized spacial score (nSPS) is 12.4. The van der Waals surface area contributed by atoms with E-state index in [0.717, 1.165) is 22.4 Å². The lowest BCUT2D eigenvalue weighted by Crippen LogP contribution is -2.41. The molecule has 0 aliphatic heterocycles. The number of hydrogen-bond donors (Lipinski definition) is 1. The van der Waals surface area contributed by atoms with E-state index in [1.54, 1.807) is 25.6 Å². The van der Waals surface area contributed by atoms with Crippen molar-refractivity contribution in [2.24, 2.45) is 0 Å². The van der Waals surface area contributed by atoms with Gasteiger partial charge in [-0.05, 0) is 49.8 Å². The molecule has 9 heteroatoms. The van der Waals surface area contributed by atoms with Gasteiger partial charge in [-0.2, -0.15) is 9.40 Å². The standard InChI is InChI=1S/C27H34N4O4S/c1-20(2)30(36(33,34)17-16-21-10-8-7-9-11-21)19-26(32)28-25-18-24(27(3,4)5)29-31(25)22-12-14-23(35-6)15-13-22/h7-18,20H,19H2,1-6H3,(H,28,32). The summed E-state index contributed by atoms with van der Waals surface area (Å²) >= 11 is 0. The third kappa shape index (κ3) is 6.83. The number of carbonyl (C=O) groups excluding carboxylic acids is 1. The maximum absolute atomic E-state index is 13.1. The van der Waals surface area contributed by atoms with Gasteiger partial charge in [0.2, 0.25) is 15.9 Å². The van der Waals surface area contributed by atoms with Crippen LogP contribution in [0, 0.1) is 0 Å². The van der Waals surface area contributed by atoms with Gasteiger partial charge in [0.15, 0.2) is 0 Å². The molecule has 2 aromatic carbocycles. The first-order valence-electron chi connectivity index (χ1n) is 11.7. The molecule has 3 aromatic rings. The van der Waals surface area contributed by atoms with Crippen LogP contribution in [0.2, 0.25) is 0 Å². The summed E-state index contributed by atoms with van der Waals surface area (Å²) < 4.78 is 34.1. The molecule has 1 amide bonds. The summed E-state index contributed by atoms with van der Waals surface area (Å²) in [6, 6.07) is 17.8. The second kappa shape index (κ2) is 11.1. The van der Waals surface area contributed by atoms with Crippen molar-refractivity contribution in [3.8, 4) is 11.4 Å². The van der Waals surface area contributed by atoms with Crippen molar-refractivity contribution in [3.63, 3.8) is 0 Å². The molecule has 0 bridgehead atoms. The third-order valence-electron chi connectivity index (χ3n) is 5.50. The Morgan fingerprint density at radius 3 is 2.31 bits per heavy atom. The van der Waals surface area contributed by atoms with Crippen molar-refractivity contribution in [3.05, 3.63) is 77.3 Å². The maximum atomic E-state index is 13.1. The van der Waals surface area contributed by atoms with E-state index in [2.05, 4.69) is 5.32 Å². The summed E-state index contributed by atoms with van der Waals surface area (Å²) in [5.74, 6) is 0.695. The molecule has 1 N–H and O–H groups in total. The number of rotatable bonds is 9. The van der Waals surface area contributed by atoms with Crippen LogP contribution in [0.1, 0.15) is 45.9 Å². The number of aromatic nitrogens is 2. The number of benzene rings is 2. The molecule has 8 nitrogen and oxygen atoms in total. The fourth-order valence-electron chi connectivity index (χ4n) is 3.45. The predicted molar refractivity (Wildman–Crippen MR) is 144 cm³/mol. The van der Waals surface area contributed by atoms with Crippen LogP contribution in [0.5, 0.6) is 5.75 Å². The van der Waals surface area contributed by atoms with Gasteiger partial charge < -0.3 is 10.1 Å². The minimum Gasteiger partial charge on any atom is -0.497 e. The highest BCUT2D eigenvalue weighted by Crippen LogP contribution is 2.27. The van der Waals surface area contributed by atoms with Gasteiger partial charge in [0.25, 0.3) is 0 Å². The van der Waals surface area contributed by atoms with E-state index in [9.17, 15) is 13.2 Å². The smallest absolute Gasteiger partial charge is 0.240 e. The van der Waals surface area contributed by atoms with Gasteiger partial charge in [0.1, 0.15) is 11.6 Å². The molecule has 36 heavy (non-hydrogen) atoms. The Morgan fingerprint density at radius 2 is 1.75 bits per heavy atom. The van der Waals surface area contributed by atoms with Crippen molar-refractivity contribution in [1.29, 1.82) is 0 Å². The molecule has 0 saturated carbocycles. The number of amides is 1. The molecule has 0 atom stereocenters. The lowest BCUT2D eigenvalue weighted by atomic mass is 9.92. The van der Waals surface area contributed by atoms with Gasteiger partial charge in [0, 0.05) is 22.9 Å². The van der Waals surface area contributed by atoms with Gasteiger partial charge in [-0.25, -0.2) is 13.1 Å². The fourth-order valence-corrected chi connectivity index (χ4v) is 4.82. The number of nitrogens with one attached hydrogen (secondary N) is 1. The zero-order valence-electron chi connectivity index (χ0n) is 21.6. The van der Waals surface area contributed by atoms with Crippen LogP contribution in [-0.4, -0.2) is 48.1 Å². The van der Waals surface area contributed by atoms with Crippen LogP contribution >= 0.6 is 0 Å². The number of ether oxygens (including phenoxy) is 1. The summed E-state index contributed by atoms with van der Waals surface area (Å²) in [6.45, 7) is 9.24. The summed E-state index contributed by atoms with van der Waals surface area (Å²) in [5, 5.41) is 8.70. The quantitative estimate of drug-likeness (QED) is 0.445. The number of hydrogen-bond acceptors (Lipinski definition) is 5. The van der Waals surface area contributed by atoms with Gasteiger partial charge in [-0.3, -0.25) is 4.79 Å². The summed E-state index contributed by atoms with van der Waals surface area (Å²) in [7, 11) is -2.25. The molecule has 1 heterocycles. The first kappa shape index (κ1) is 27.2. The molecule has 0 radical (unpaired) electrons. The van der Waals surface area contributed by atoms with Crippen molar-refractivity contribution in [2.45, 2.75) is 46.1 Å². The zero-order chi connectivity index (χ0) is 26.5. The Bertz CT molecular complexity index is 1310. The highest BCUT2D eigenvalue weighted by atomic mass is 32.2. The average Bonchev–Trinajstić information content (AvgIpc) is 3.26. The number of methoxy groups -OCH3 is 1. The van der Waals surface area contributed by atoms with E-state index < -0.39 is 22.0 Å². The van der Waals surface area contributed by atoms with E-state index in [-0.39, 0.29) is 12.0 Å². The van der Waals surface area contributed by atoms with E-state index in [1.165, 1.54) is 10.4 Å². The molecule has 1 aromatic heterocycles. The van der Waals surface area contributed by atoms with Crippen LogP contribution in [0.3, 0.4) is 0 Å². The molecular weight excluding hydrogens is 476 g/mol. The molecule has 0 spiro atoms. The highest BCUT2D eigenvalue weighted by Gasteiger charge is 2.27. The highest BCUT2D eigenvalue weighted by molar-refractivity contribution is 7.92. The minimum atomic E-state index is -3.84. The second-order valence-electron chi connectivity index (χ2n) is 9.72. The zero-order valence-corrected chi connectivity index (χ0v) is 22.4. The largest absolute Gasteiger partial charge is 0.497 e. The van der Waals surface area contributed by atoms with Gasteiger partial charge >= 0.3 is 0 Å². The molecule has 3 rings (SSSR count). The lowest BCUT2D eigenvalue weighted by molar-refractivity contribution is -0.116. The molecule has 0 saturated heterocycles. The summed E-state index contributed by atoms with van der Waals surface area (Å²) in [4.78, 5) is 13.1. The first-order valence-corrected chi connectivity index (χ1v) is 13.2. The SMILES string of the molecule is COc1ccc(-n2nc(C(C)(C)C)cc2NC(=O)CN(C(C)C)S(=O)(=O)C=Cc2ccccc2)cc1. The van der Waals surface area contributed by atoms with E-state index >= 15 is 0 Å². The first-order chi connectivity index (χ1) is 16.9. The van der Waals surface area contributed by atoms with Crippen LogP contribution < -0.4 is 10.1 Å². The Morgan fingerprint density at radius 1 is 1.11 bits per heavy atom. The number of anilines is 1. The lowest BCUT2D eigenvalue weighted by Gasteiger charge is -2.23. The molecular formula is C27H34N4O4S. The van der Waals surface area contributed by atoms with Crippen LogP contribution in [-0.2, 0) is 20.2 Å². The molecule has 0 fully saturated rings. The Hall–Kier alpha value is -3.43. The van der Waals surface area contributed by atoms with Crippen molar-refractivity contribution < 1.29 is 17.9 Å². The van der Waals surface area contributed by atoms with Crippen LogP contribution in [0.25, 0.3) is 11.8 Å². The van der Waals surface area contributed by atoms with Crippen molar-refractivity contribution >= 4 is 27.8 Å². The number of sulfonamides is 1. The summed E-state index contributed by atoms with van der Waals surface area (Å²) in [6.07, 6.45) is 1.52. The van der Waals surface area contributed by atoms with Gasteiger partial charge in [0.05, 0.1) is 25.0 Å². The minimum absolute atomic E-state index is 0.257. The fraction of sp³-hybridized carbons (Fsp3) is 0.333. The second-order valence-corrected chi connectivity index (χ2v) is 11.5. The molecule has 0 aliphatic rings. The monoisotopic (exact) mass is 510 g/mol. The van der Waals surface area contributed by atoms with E-state index in [1.807, 2.05) is 81.4 Å². The Kier molecular flexibility index (Phi) is 8.37.